The van der Waals surface area contributed by atoms with Crippen molar-refractivity contribution < 1.29 is 13.9 Å². The van der Waals surface area contributed by atoms with Crippen molar-refractivity contribution in [2.75, 3.05) is 13.1 Å². The minimum atomic E-state index is -0.506. The number of hydrogen-bond acceptors (Lipinski definition) is 4. The average Bonchev–Trinajstić information content (AvgIpc) is 2.83. The van der Waals surface area contributed by atoms with E-state index >= 15 is 0 Å². The lowest BCUT2D eigenvalue weighted by Gasteiger charge is -2.51. The van der Waals surface area contributed by atoms with E-state index in [1.807, 2.05) is 24.3 Å². The zero-order chi connectivity index (χ0) is 21.4. The number of hydrogen-bond donors (Lipinski definition) is 0. The lowest BCUT2D eigenvalue weighted by atomic mass is 9.73. The third kappa shape index (κ3) is 3.74. The van der Waals surface area contributed by atoms with Crippen LogP contribution in [0.4, 0.5) is 4.39 Å². The van der Waals surface area contributed by atoms with Gasteiger partial charge in [0.2, 0.25) is 0 Å². The summed E-state index contributed by atoms with van der Waals surface area (Å²) in [6, 6.07) is 15.5. The van der Waals surface area contributed by atoms with Crippen LogP contribution in [0.5, 0.6) is 0 Å². The van der Waals surface area contributed by atoms with Crippen LogP contribution in [0.3, 0.4) is 0 Å². The predicted molar refractivity (Wildman–Crippen MR) is 118 cm³/mol. The van der Waals surface area contributed by atoms with E-state index in [0.29, 0.717) is 28.3 Å². The first-order valence-corrected chi connectivity index (χ1v) is 10.8. The van der Waals surface area contributed by atoms with Crippen LogP contribution in [-0.4, -0.2) is 35.0 Å². The first kappa shape index (κ1) is 19.9. The molecule has 5 heteroatoms. The van der Waals surface area contributed by atoms with Crippen molar-refractivity contribution in [3.05, 3.63) is 90.4 Å². The van der Waals surface area contributed by atoms with Gasteiger partial charge in [0.05, 0.1) is 17.1 Å². The van der Waals surface area contributed by atoms with E-state index in [-0.39, 0.29) is 17.8 Å². The fourth-order valence-electron chi connectivity index (χ4n) is 5.19. The fraction of sp³-hybridized carbons (Fsp3) is 0.308. The van der Waals surface area contributed by atoms with Crippen molar-refractivity contribution in [2.24, 2.45) is 11.8 Å². The number of nitrogens with zero attached hydrogens (tertiary/aromatic N) is 2. The molecular weight excluding hydrogens is 391 g/mol. The highest BCUT2D eigenvalue weighted by molar-refractivity contribution is 5.90. The van der Waals surface area contributed by atoms with Gasteiger partial charge in [-0.05, 0) is 67.6 Å². The number of esters is 1. The summed E-state index contributed by atoms with van der Waals surface area (Å²) in [5, 5.41) is 0.691. The van der Waals surface area contributed by atoms with E-state index in [2.05, 4.69) is 22.5 Å². The van der Waals surface area contributed by atoms with Crippen molar-refractivity contribution >= 4 is 16.9 Å². The van der Waals surface area contributed by atoms with Crippen molar-refractivity contribution in [2.45, 2.75) is 25.0 Å². The van der Waals surface area contributed by atoms with Crippen molar-refractivity contribution in [1.29, 1.82) is 0 Å². The van der Waals surface area contributed by atoms with Gasteiger partial charge >= 0.3 is 5.97 Å². The van der Waals surface area contributed by atoms with Gasteiger partial charge < -0.3 is 4.74 Å². The highest BCUT2D eigenvalue weighted by atomic mass is 19.1. The van der Waals surface area contributed by atoms with Crippen molar-refractivity contribution in [1.82, 2.24) is 9.88 Å². The Morgan fingerprint density at radius 1 is 1.23 bits per heavy atom. The first-order chi connectivity index (χ1) is 15.1. The van der Waals surface area contributed by atoms with E-state index in [9.17, 15) is 9.18 Å². The normalized spacial score (nSPS) is 25.8. The standard InChI is InChI=1S/C26H25FN2O2/c1-2-17-16-29-13-11-19(17)14-24(29)25(31-26(30)18-6-4-3-5-7-18)21-10-12-28-23-9-8-20(27)15-22(21)23/h2-10,12,15,17,19,24-25H,1,11,13-14,16H2/t17-,19-,24+,25+/m0/s1. The Kier molecular flexibility index (Phi) is 5.28. The molecule has 3 saturated heterocycles. The highest BCUT2D eigenvalue weighted by Crippen LogP contribution is 2.43. The Balaban J connectivity index is 1.56. The first-order valence-electron chi connectivity index (χ1n) is 10.8. The number of aromatic nitrogens is 1. The largest absolute Gasteiger partial charge is 0.452 e. The molecule has 3 fully saturated rings. The molecule has 0 amide bonds. The monoisotopic (exact) mass is 416 g/mol. The molecule has 0 spiro atoms. The van der Waals surface area contributed by atoms with Gasteiger partial charge in [0.1, 0.15) is 11.9 Å². The van der Waals surface area contributed by atoms with E-state index in [0.717, 1.165) is 31.5 Å². The number of ether oxygens (including phenoxy) is 1. The Labute approximate surface area is 181 Å². The Hall–Kier alpha value is -3.05. The minimum absolute atomic E-state index is 0.0384. The Morgan fingerprint density at radius 2 is 2.06 bits per heavy atom. The molecule has 6 rings (SSSR count). The summed E-state index contributed by atoms with van der Waals surface area (Å²) in [5.74, 6) is 0.291. The maximum Gasteiger partial charge on any atom is 0.338 e. The summed E-state index contributed by atoms with van der Waals surface area (Å²) in [7, 11) is 0. The average molecular weight is 416 g/mol. The van der Waals surface area contributed by atoms with Gasteiger partial charge in [-0.25, -0.2) is 9.18 Å². The van der Waals surface area contributed by atoms with Crippen LogP contribution in [0.25, 0.3) is 10.9 Å². The molecule has 0 saturated carbocycles. The number of rotatable bonds is 5. The number of carbonyl (C=O) groups excluding carboxylic acids is 1. The van der Waals surface area contributed by atoms with Crippen LogP contribution >= 0.6 is 0 Å². The topological polar surface area (TPSA) is 42.4 Å². The number of piperidine rings is 3. The second-order valence-corrected chi connectivity index (χ2v) is 8.50. The third-order valence-electron chi connectivity index (χ3n) is 6.79. The molecule has 158 valence electrons. The van der Waals surface area contributed by atoms with Crippen molar-refractivity contribution in [3.8, 4) is 0 Å². The van der Waals surface area contributed by atoms with Crippen LogP contribution in [-0.2, 0) is 4.74 Å². The molecule has 4 heterocycles. The summed E-state index contributed by atoms with van der Waals surface area (Å²) in [5.41, 5.74) is 2.01. The maximum atomic E-state index is 14.1. The second-order valence-electron chi connectivity index (χ2n) is 8.50. The minimum Gasteiger partial charge on any atom is -0.452 e. The van der Waals surface area contributed by atoms with Gasteiger partial charge in [0, 0.05) is 23.7 Å². The number of carbonyl (C=O) groups is 1. The number of halogens is 1. The summed E-state index contributed by atoms with van der Waals surface area (Å²) in [6.07, 6.45) is 5.30. The van der Waals surface area contributed by atoms with Crippen LogP contribution in [0.15, 0.2) is 73.4 Å². The Morgan fingerprint density at radius 3 is 2.81 bits per heavy atom. The molecule has 2 aromatic carbocycles. The van der Waals surface area contributed by atoms with Crippen LogP contribution in [0, 0.1) is 17.7 Å². The summed E-state index contributed by atoms with van der Waals surface area (Å²) in [6.45, 7) is 5.89. The van der Waals surface area contributed by atoms with Gasteiger partial charge in [0.15, 0.2) is 0 Å². The molecule has 3 aliphatic heterocycles. The maximum absolute atomic E-state index is 14.1. The molecule has 3 aromatic rings. The third-order valence-corrected chi connectivity index (χ3v) is 6.79. The van der Waals surface area contributed by atoms with E-state index in [4.69, 9.17) is 4.74 Å². The molecule has 31 heavy (non-hydrogen) atoms. The molecular formula is C26H25FN2O2. The Bertz CT molecular complexity index is 1120. The van der Waals surface area contributed by atoms with Gasteiger partial charge in [-0.15, -0.1) is 6.58 Å². The lowest BCUT2D eigenvalue weighted by molar-refractivity contribution is -0.0568. The summed E-state index contributed by atoms with van der Waals surface area (Å²) in [4.78, 5) is 19.8. The van der Waals surface area contributed by atoms with E-state index in [1.165, 1.54) is 12.1 Å². The zero-order valence-electron chi connectivity index (χ0n) is 17.3. The number of fused-ring (bicyclic) bond motifs is 4. The molecule has 0 radical (unpaired) electrons. The van der Waals surface area contributed by atoms with E-state index < -0.39 is 6.10 Å². The van der Waals surface area contributed by atoms with E-state index in [1.54, 1.807) is 24.4 Å². The van der Waals surface area contributed by atoms with Gasteiger partial charge in [0.25, 0.3) is 0 Å². The molecule has 4 nitrogen and oxygen atoms in total. The smallest absolute Gasteiger partial charge is 0.338 e. The number of benzene rings is 2. The molecule has 3 aliphatic rings. The summed E-state index contributed by atoms with van der Waals surface area (Å²) >= 11 is 0. The van der Waals surface area contributed by atoms with Crippen LogP contribution in [0.2, 0.25) is 0 Å². The zero-order valence-corrected chi connectivity index (χ0v) is 17.3. The SMILES string of the molecule is C=C[C@H]1CN2CC[C@H]1C[C@@H]2[C@H](OC(=O)c1ccccc1)c1ccnc2ccc(F)cc12. The van der Waals surface area contributed by atoms with Crippen molar-refractivity contribution in [3.63, 3.8) is 0 Å². The lowest BCUT2D eigenvalue weighted by Crippen LogP contribution is -2.55. The molecule has 2 bridgehead atoms. The van der Waals surface area contributed by atoms with Gasteiger partial charge in [-0.3, -0.25) is 9.88 Å². The fourth-order valence-corrected chi connectivity index (χ4v) is 5.19. The quantitative estimate of drug-likeness (QED) is 0.425. The molecule has 1 aromatic heterocycles. The summed E-state index contributed by atoms with van der Waals surface area (Å²) < 4.78 is 20.3. The highest BCUT2D eigenvalue weighted by Gasteiger charge is 2.44. The van der Waals surface area contributed by atoms with Gasteiger partial charge in [-0.1, -0.05) is 24.3 Å². The predicted octanol–water partition coefficient (Wildman–Crippen LogP) is 5.17. The molecule has 1 unspecified atom stereocenters. The van der Waals surface area contributed by atoms with Crippen LogP contribution < -0.4 is 0 Å². The molecule has 5 atom stereocenters. The number of pyridine rings is 1. The second kappa shape index (κ2) is 8.23. The van der Waals surface area contributed by atoms with Crippen LogP contribution in [0.1, 0.15) is 34.9 Å². The molecule has 0 aliphatic carbocycles. The van der Waals surface area contributed by atoms with Gasteiger partial charge in [-0.2, -0.15) is 0 Å². The molecule has 0 N–H and O–H groups in total.